The molecule has 0 N–H and O–H groups in total. The van der Waals surface area contributed by atoms with Crippen molar-refractivity contribution in [2.45, 2.75) is 6.16 Å². The van der Waals surface area contributed by atoms with Crippen molar-refractivity contribution in [2.24, 2.45) is 0 Å². The Morgan fingerprint density at radius 2 is 1.31 bits per heavy atom. The van der Waals surface area contributed by atoms with E-state index in [0.717, 1.165) is 11.7 Å². The average Bonchev–Trinajstić information content (AvgIpc) is 3.06. The molecule has 0 fully saturated rings. The Morgan fingerprint density at radius 3 is 1.83 bits per heavy atom. The van der Waals surface area contributed by atoms with E-state index >= 15 is 0 Å². The average molecular weight is 583 g/mol. The molecule has 0 radical (unpaired) electrons. The highest BCUT2D eigenvalue weighted by molar-refractivity contribution is 7.95. The van der Waals surface area contributed by atoms with Gasteiger partial charge in [0.25, 0.3) is 0 Å². The van der Waals surface area contributed by atoms with Gasteiger partial charge in [-0.05, 0) is 66.2 Å². The summed E-state index contributed by atoms with van der Waals surface area (Å²) in [6.07, 6.45) is 3.90. The van der Waals surface area contributed by atoms with E-state index in [0.29, 0.717) is 33.3 Å². The molecule has 4 nitrogen and oxygen atoms in total. The molecule has 202 valence electrons. The van der Waals surface area contributed by atoms with E-state index in [-0.39, 0.29) is 0 Å². The van der Waals surface area contributed by atoms with Gasteiger partial charge in [0.15, 0.2) is 0 Å². The van der Waals surface area contributed by atoms with Crippen LogP contribution in [0.5, 0.6) is 11.5 Å². The van der Waals surface area contributed by atoms with Crippen LogP contribution >= 0.6 is 18.9 Å². The molecule has 0 amide bonds. The third kappa shape index (κ3) is 5.41. The third-order valence-electron chi connectivity index (χ3n) is 7.22. The minimum Gasteiger partial charge on any atom is -0.454 e. The van der Waals surface area contributed by atoms with Gasteiger partial charge in [0, 0.05) is 11.8 Å². The molecule has 0 aliphatic carbocycles. The fourth-order valence-electron chi connectivity index (χ4n) is 5.28. The van der Waals surface area contributed by atoms with Gasteiger partial charge in [0.2, 0.25) is 0 Å². The van der Waals surface area contributed by atoms with E-state index in [4.69, 9.17) is 16.3 Å². The van der Waals surface area contributed by atoms with Gasteiger partial charge in [-0.25, -0.2) is 9.97 Å². The molecule has 6 heteroatoms. The largest absolute Gasteiger partial charge is 0.454 e. The van der Waals surface area contributed by atoms with Gasteiger partial charge >= 0.3 is 0 Å². The monoisotopic (exact) mass is 582 g/mol. The normalized spacial score (nSPS) is 11.0. The predicted molar refractivity (Wildman–Crippen MR) is 173 cm³/mol. The van der Waals surface area contributed by atoms with Gasteiger partial charge in [-0.2, -0.15) is 5.26 Å². The summed E-state index contributed by atoms with van der Waals surface area (Å²) >= 11 is 6.88. The van der Waals surface area contributed by atoms with Crippen LogP contribution < -0.4 is 20.7 Å². The number of ether oxygens (including phenoxy) is 1. The number of aromatic nitrogens is 2. The van der Waals surface area contributed by atoms with Crippen LogP contribution in [0.2, 0.25) is 5.02 Å². The van der Waals surface area contributed by atoms with Crippen LogP contribution in [-0.2, 0) is 6.16 Å². The van der Waals surface area contributed by atoms with Crippen molar-refractivity contribution in [3.8, 4) is 28.8 Å². The fourth-order valence-corrected chi connectivity index (χ4v) is 9.75. The van der Waals surface area contributed by atoms with E-state index < -0.39 is 7.26 Å². The summed E-state index contributed by atoms with van der Waals surface area (Å²) in [7, 11) is -2.08. The summed E-state index contributed by atoms with van der Waals surface area (Å²) < 4.78 is 6.24. The summed E-state index contributed by atoms with van der Waals surface area (Å²) in [6.45, 7) is 0. The first-order chi connectivity index (χ1) is 20.7. The quantitative estimate of drug-likeness (QED) is 0.171. The highest BCUT2D eigenvalue weighted by atomic mass is 35.5. The Bertz CT molecular complexity index is 1750. The maximum atomic E-state index is 10.0. The molecule has 0 aliphatic rings. The van der Waals surface area contributed by atoms with Crippen molar-refractivity contribution in [1.82, 2.24) is 9.97 Å². The van der Waals surface area contributed by atoms with Crippen molar-refractivity contribution in [1.29, 1.82) is 5.26 Å². The standard InChI is InChI=1S/C36H26ClN3OP/c37-33-23-27(19-20-36(33)41-35-18-10-17-31(32(35)24-38)34-21-22-39-26-40-34)25-42(28-11-4-1-5-12-28,29-13-6-2-7-14-29)30-15-8-3-9-16-30/h1-23,26H,25H2/q+1. The first kappa shape index (κ1) is 27.4. The zero-order chi connectivity index (χ0) is 28.8. The minimum absolute atomic E-state index is 0.388. The van der Waals surface area contributed by atoms with Crippen LogP contribution in [0.25, 0.3) is 11.3 Å². The van der Waals surface area contributed by atoms with Gasteiger partial charge in [-0.15, -0.1) is 0 Å². The van der Waals surface area contributed by atoms with Crippen LogP contribution in [0.4, 0.5) is 0 Å². The second kappa shape index (κ2) is 12.4. The molecule has 42 heavy (non-hydrogen) atoms. The fraction of sp³-hybridized carbons (Fsp3) is 0.0278. The van der Waals surface area contributed by atoms with E-state index in [2.05, 4.69) is 113 Å². The second-order valence-corrected chi connectivity index (χ2v) is 13.6. The summed E-state index contributed by atoms with van der Waals surface area (Å²) in [5, 5.41) is 14.4. The van der Waals surface area contributed by atoms with Crippen LogP contribution in [-0.4, -0.2) is 9.97 Å². The van der Waals surface area contributed by atoms with Crippen molar-refractivity contribution < 1.29 is 4.74 Å². The number of benzene rings is 5. The van der Waals surface area contributed by atoms with Crippen molar-refractivity contribution in [2.75, 3.05) is 0 Å². The lowest BCUT2D eigenvalue weighted by molar-refractivity contribution is 0.481. The summed E-state index contributed by atoms with van der Waals surface area (Å²) in [6, 6.07) is 47.7. The molecule has 6 aromatic rings. The predicted octanol–water partition coefficient (Wildman–Crippen LogP) is 7.96. The Hall–Kier alpha value is -4.81. The molecule has 0 saturated heterocycles. The zero-order valence-corrected chi connectivity index (χ0v) is 24.3. The van der Waals surface area contributed by atoms with E-state index in [1.54, 1.807) is 18.3 Å². The van der Waals surface area contributed by atoms with Crippen LogP contribution in [0, 0.1) is 11.3 Å². The van der Waals surface area contributed by atoms with Gasteiger partial charge in [0.1, 0.15) is 52.6 Å². The lowest BCUT2D eigenvalue weighted by atomic mass is 10.0. The smallest absolute Gasteiger partial charge is 0.146 e. The number of rotatable bonds is 8. The van der Waals surface area contributed by atoms with Crippen LogP contribution in [0.3, 0.4) is 0 Å². The molecule has 1 aromatic heterocycles. The molecule has 6 rings (SSSR count). The second-order valence-electron chi connectivity index (χ2n) is 9.73. The number of nitriles is 1. The molecule has 0 unspecified atom stereocenters. The number of hydrogen-bond donors (Lipinski definition) is 0. The third-order valence-corrected chi connectivity index (χ3v) is 11.9. The van der Waals surface area contributed by atoms with Crippen LogP contribution in [0.15, 0.2) is 146 Å². The minimum atomic E-state index is -2.08. The Labute approximate surface area is 251 Å². The topological polar surface area (TPSA) is 58.8 Å². The molecule has 0 spiro atoms. The summed E-state index contributed by atoms with van der Waals surface area (Å²) in [5.74, 6) is 0.905. The first-order valence-corrected chi connectivity index (χ1v) is 15.8. The molecule has 0 saturated carbocycles. The lowest BCUT2D eigenvalue weighted by Gasteiger charge is -2.28. The molecule has 0 atom stereocenters. The maximum Gasteiger partial charge on any atom is 0.146 e. The lowest BCUT2D eigenvalue weighted by Crippen LogP contribution is -2.32. The maximum absolute atomic E-state index is 10.0. The SMILES string of the molecule is N#Cc1c(Oc2ccc(C[P+](c3ccccc3)(c3ccccc3)c3ccccc3)cc2Cl)cccc1-c1ccncn1. The van der Waals surface area contributed by atoms with E-state index in [9.17, 15) is 5.26 Å². The van der Waals surface area contributed by atoms with Crippen molar-refractivity contribution in [3.05, 3.63) is 162 Å². The molecular formula is C36H26ClN3OP+. The molecule has 1 heterocycles. The molecule has 0 bridgehead atoms. The molecule has 5 aromatic carbocycles. The summed E-state index contributed by atoms with van der Waals surface area (Å²) in [5.41, 5.74) is 2.82. The summed E-state index contributed by atoms with van der Waals surface area (Å²) in [4.78, 5) is 8.28. The highest BCUT2D eigenvalue weighted by Gasteiger charge is 2.45. The number of nitrogens with zero attached hydrogens (tertiary/aromatic N) is 3. The zero-order valence-electron chi connectivity index (χ0n) is 22.6. The van der Waals surface area contributed by atoms with Crippen molar-refractivity contribution >= 4 is 34.8 Å². The first-order valence-electron chi connectivity index (χ1n) is 13.5. The number of halogens is 1. The number of hydrogen-bond acceptors (Lipinski definition) is 4. The van der Waals surface area contributed by atoms with Gasteiger partial charge < -0.3 is 4.74 Å². The van der Waals surface area contributed by atoms with E-state index in [1.165, 1.54) is 22.2 Å². The van der Waals surface area contributed by atoms with Gasteiger partial charge in [-0.3, -0.25) is 0 Å². The highest BCUT2D eigenvalue weighted by Crippen LogP contribution is 2.58. The molecule has 0 aliphatic heterocycles. The Kier molecular flexibility index (Phi) is 8.06. The van der Waals surface area contributed by atoms with Crippen LogP contribution in [0.1, 0.15) is 11.1 Å². The van der Waals surface area contributed by atoms with E-state index in [1.807, 2.05) is 24.3 Å². The van der Waals surface area contributed by atoms with Gasteiger partial charge in [-0.1, -0.05) is 84.4 Å². The Balaban J connectivity index is 1.40. The van der Waals surface area contributed by atoms with Gasteiger partial charge in [0.05, 0.1) is 16.9 Å². The van der Waals surface area contributed by atoms with Crippen molar-refractivity contribution in [3.63, 3.8) is 0 Å². The Morgan fingerprint density at radius 1 is 0.690 bits per heavy atom. The molecular weight excluding hydrogens is 557 g/mol.